The second kappa shape index (κ2) is 11.6. The van der Waals surface area contributed by atoms with Gasteiger partial charge in [-0.25, -0.2) is 9.97 Å². The van der Waals surface area contributed by atoms with Crippen molar-refractivity contribution < 1.29 is 18.8 Å². The van der Waals surface area contributed by atoms with Crippen molar-refractivity contribution in [3.05, 3.63) is 54.0 Å². The fourth-order valence-corrected chi connectivity index (χ4v) is 5.47. The predicted molar refractivity (Wildman–Crippen MR) is 153 cm³/mol. The summed E-state index contributed by atoms with van der Waals surface area (Å²) in [4.78, 5) is 53.2. The summed E-state index contributed by atoms with van der Waals surface area (Å²) in [5.41, 5.74) is 2.06. The number of likely N-dealkylation sites (tertiary alicyclic amines) is 1. The molecule has 41 heavy (non-hydrogen) atoms. The molecular formula is C29H36N8O4. The summed E-state index contributed by atoms with van der Waals surface area (Å²) >= 11 is 0. The monoisotopic (exact) mass is 560 g/mol. The molecule has 0 spiro atoms. The molecule has 3 fully saturated rings. The van der Waals surface area contributed by atoms with E-state index in [4.69, 9.17) is 4.42 Å². The van der Waals surface area contributed by atoms with Crippen molar-refractivity contribution in [1.29, 1.82) is 0 Å². The summed E-state index contributed by atoms with van der Waals surface area (Å²) in [5, 5.41) is 5.94. The zero-order valence-electron chi connectivity index (χ0n) is 23.3. The third kappa shape index (κ3) is 6.06. The molecule has 0 unspecified atom stereocenters. The van der Waals surface area contributed by atoms with Gasteiger partial charge < -0.3 is 34.3 Å². The van der Waals surface area contributed by atoms with E-state index >= 15 is 0 Å². The van der Waals surface area contributed by atoms with Crippen molar-refractivity contribution in [1.82, 2.24) is 24.8 Å². The highest BCUT2D eigenvalue weighted by Gasteiger charge is 2.30. The number of carbonyl (C=O) groups excluding carboxylic acids is 3. The van der Waals surface area contributed by atoms with E-state index in [2.05, 4.69) is 30.4 Å². The maximum atomic E-state index is 13.2. The highest BCUT2D eigenvalue weighted by atomic mass is 16.3. The van der Waals surface area contributed by atoms with Crippen LogP contribution in [-0.4, -0.2) is 83.0 Å². The fraction of sp³-hybridized carbons (Fsp3) is 0.483. The number of benzene rings is 1. The molecule has 1 saturated carbocycles. The summed E-state index contributed by atoms with van der Waals surface area (Å²) in [5.74, 6) is 1.42. The minimum atomic E-state index is -0.374. The number of hydrogen-bond donors (Lipinski definition) is 2. The first-order valence-corrected chi connectivity index (χ1v) is 14.4. The van der Waals surface area contributed by atoms with Gasteiger partial charge in [0.25, 0.3) is 11.8 Å². The van der Waals surface area contributed by atoms with Gasteiger partial charge >= 0.3 is 0 Å². The van der Waals surface area contributed by atoms with Gasteiger partial charge in [-0.2, -0.15) is 0 Å². The molecular weight excluding hydrogens is 524 g/mol. The number of nitrogens with zero attached hydrogens (tertiary/aromatic N) is 6. The van der Waals surface area contributed by atoms with Gasteiger partial charge in [0.2, 0.25) is 11.9 Å². The van der Waals surface area contributed by atoms with Gasteiger partial charge in [0.1, 0.15) is 6.26 Å². The van der Waals surface area contributed by atoms with Crippen LogP contribution in [0, 0.1) is 0 Å². The van der Waals surface area contributed by atoms with Crippen molar-refractivity contribution in [2.24, 2.45) is 7.05 Å². The van der Waals surface area contributed by atoms with Crippen molar-refractivity contribution in [3.8, 4) is 0 Å². The second-order valence-electron chi connectivity index (χ2n) is 10.9. The molecule has 0 atom stereocenters. The van der Waals surface area contributed by atoms with Crippen LogP contribution in [0.1, 0.15) is 64.8 Å². The SMILES string of the molecule is Cn1ccnc1N1CCN(c2ccc(C(=O)NCCCN3CCCC3=O)cc2NC(=O)c2coc(C3CC3)n2)CC1. The van der Waals surface area contributed by atoms with E-state index in [0.29, 0.717) is 49.0 Å². The lowest BCUT2D eigenvalue weighted by Gasteiger charge is -2.37. The van der Waals surface area contributed by atoms with Crippen LogP contribution in [0.15, 0.2) is 41.3 Å². The number of piperazine rings is 1. The van der Waals surface area contributed by atoms with Gasteiger partial charge in [-0.1, -0.05) is 0 Å². The van der Waals surface area contributed by atoms with E-state index in [-0.39, 0.29) is 23.4 Å². The van der Waals surface area contributed by atoms with Gasteiger partial charge in [-0.15, -0.1) is 0 Å². The first-order valence-electron chi connectivity index (χ1n) is 14.4. The van der Waals surface area contributed by atoms with E-state index < -0.39 is 0 Å². The van der Waals surface area contributed by atoms with Crippen LogP contribution < -0.4 is 20.4 Å². The van der Waals surface area contributed by atoms with E-state index in [9.17, 15) is 14.4 Å². The Balaban J connectivity index is 1.15. The van der Waals surface area contributed by atoms with Gasteiger partial charge in [0.05, 0.1) is 11.4 Å². The smallest absolute Gasteiger partial charge is 0.277 e. The summed E-state index contributed by atoms with van der Waals surface area (Å²) in [6, 6.07) is 5.40. The number of rotatable bonds is 10. The number of carbonyl (C=O) groups is 3. The zero-order chi connectivity index (χ0) is 28.3. The number of aryl methyl sites for hydroxylation is 1. The molecule has 4 heterocycles. The molecule has 2 saturated heterocycles. The van der Waals surface area contributed by atoms with Crippen LogP contribution in [0.5, 0.6) is 0 Å². The Morgan fingerprint density at radius 3 is 2.59 bits per heavy atom. The number of amides is 3. The third-order valence-corrected chi connectivity index (χ3v) is 7.95. The van der Waals surface area contributed by atoms with Gasteiger partial charge in [-0.3, -0.25) is 14.4 Å². The van der Waals surface area contributed by atoms with Crippen LogP contribution in [0.25, 0.3) is 0 Å². The van der Waals surface area contributed by atoms with E-state index in [1.807, 2.05) is 28.8 Å². The molecule has 3 amide bonds. The Kier molecular flexibility index (Phi) is 7.62. The number of nitrogens with one attached hydrogen (secondary N) is 2. The van der Waals surface area contributed by atoms with Gasteiger partial charge in [0, 0.05) is 83.2 Å². The van der Waals surface area contributed by atoms with Crippen molar-refractivity contribution >= 4 is 35.0 Å². The lowest BCUT2D eigenvalue weighted by Crippen LogP contribution is -2.47. The second-order valence-corrected chi connectivity index (χ2v) is 10.9. The molecule has 0 bridgehead atoms. The summed E-state index contributed by atoms with van der Waals surface area (Å²) in [6.07, 6.45) is 9.39. The predicted octanol–water partition coefficient (Wildman–Crippen LogP) is 2.61. The Morgan fingerprint density at radius 1 is 1.07 bits per heavy atom. The minimum Gasteiger partial charge on any atom is -0.448 e. The number of oxazole rings is 1. The first kappa shape index (κ1) is 26.9. The summed E-state index contributed by atoms with van der Waals surface area (Å²) < 4.78 is 7.53. The van der Waals surface area contributed by atoms with Crippen LogP contribution in [0.2, 0.25) is 0 Å². The quantitative estimate of drug-likeness (QED) is 0.362. The van der Waals surface area contributed by atoms with Crippen LogP contribution in [0.3, 0.4) is 0 Å². The fourth-order valence-electron chi connectivity index (χ4n) is 5.47. The molecule has 1 aliphatic carbocycles. The molecule has 12 nitrogen and oxygen atoms in total. The topological polar surface area (TPSA) is 129 Å². The average Bonchev–Trinajstić information content (AvgIpc) is 3.33. The molecule has 2 aliphatic heterocycles. The first-order chi connectivity index (χ1) is 20.0. The lowest BCUT2D eigenvalue weighted by molar-refractivity contribution is -0.127. The zero-order valence-corrected chi connectivity index (χ0v) is 23.3. The summed E-state index contributed by atoms with van der Waals surface area (Å²) in [6.45, 7) is 4.90. The molecule has 3 aromatic rings. The minimum absolute atomic E-state index is 0.185. The van der Waals surface area contributed by atoms with E-state index in [0.717, 1.165) is 63.6 Å². The Morgan fingerprint density at radius 2 is 1.88 bits per heavy atom. The van der Waals surface area contributed by atoms with Gasteiger partial charge in [-0.05, 0) is 43.9 Å². The molecule has 2 N–H and O–H groups in total. The Labute approximate surface area is 238 Å². The standard InChI is InChI=1S/C29H36N8O4/c1-34-13-10-31-29(34)37-16-14-35(15-17-37)24-8-7-21(26(39)30-9-3-12-36-11-2-4-25(36)38)18-22(24)32-27(40)23-19-41-28(33-23)20-5-6-20/h7-8,10,13,18-20H,2-6,9,11-12,14-17H2,1H3,(H,30,39)(H,32,40). The van der Waals surface area contributed by atoms with Crippen molar-refractivity contribution in [2.45, 2.75) is 38.0 Å². The highest BCUT2D eigenvalue weighted by molar-refractivity contribution is 6.06. The number of anilines is 3. The van der Waals surface area contributed by atoms with Crippen molar-refractivity contribution in [2.75, 3.05) is 60.9 Å². The number of aromatic nitrogens is 3. The lowest BCUT2D eigenvalue weighted by atomic mass is 10.1. The van der Waals surface area contributed by atoms with E-state index in [1.54, 1.807) is 18.3 Å². The summed E-state index contributed by atoms with van der Waals surface area (Å²) in [7, 11) is 1.98. The molecule has 3 aliphatic rings. The maximum Gasteiger partial charge on any atom is 0.277 e. The van der Waals surface area contributed by atoms with Gasteiger partial charge in [0.15, 0.2) is 11.6 Å². The maximum absolute atomic E-state index is 13.2. The van der Waals surface area contributed by atoms with Crippen molar-refractivity contribution in [3.63, 3.8) is 0 Å². The Bertz CT molecular complexity index is 1420. The van der Waals surface area contributed by atoms with Crippen LogP contribution in [-0.2, 0) is 11.8 Å². The Hall–Kier alpha value is -4.35. The van der Waals surface area contributed by atoms with E-state index in [1.165, 1.54) is 6.26 Å². The molecule has 216 valence electrons. The molecule has 12 heteroatoms. The molecule has 0 radical (unpaired) electrons. The number of imidazole rings is 1. The molecule has 1 aromatic carbocycles. The van der Waals surface area contributed by atoms with Crippen LogP contribution in [0.4, 0.5) is 17.3 Å². The largest absolute Gasteiger partial charge is 0.448 e. The molecule has 2 aromatic heterocycles. The highest BCUT2D eigenvalue weighted by Crippen LogP contribution is 2.39. The third-order valence-electron chi connectivity index (χ3n) is 7.95. The molecule has 6 rings (SSSR count). The van der Waals surface area contributed by atoms with Crippen LogP contribution >= 0.6 is 0 Å². The average molecular weight is 561 g/mol. The normalized spacial score (nSPS) is 17.3. The number of hydrogen-bond acceptors (Lipinski definition) is 8.